The van der Waals surface area contributed by atoms with Gasteiger partial charge in [0, 0.05) is 18.7 Å². The highest BCUT2D eigenvalue weighted by molar-refractivity contribution is 5.85. The van der Waals surface area contributed by atoms with Crippen LogP contribution in [0.4, 0.5) is 5.69 Å². The Labute approximate surface area is 144 Å². The van der Waals surface area contributed by atoms with Crippen molar-refractivity contribution in [3.8, 4) is 0 Å². The maximum Gasteiger partial charge on any atom is 0.220 e. The number of nitrogens with one attached hydrogen (secondary N) is 1. The molecule has 0 bridgehead atoms. The van der Waals surface area contributed by atoms with E-state index in [2.05, 4.69) is 31.3 Å². The zero-order valence-electron chi connectivity index (χ0n) is 13.7. The van der Waals surface area contributed by atoms with Crippen molar-refractivity contribution in [3.05, 3.63) is 65.2 Å². The predicted octanol–water partition coefficient (Wildman–Crippen LogP) is 3.85. The first-order valence-electron chi connectivity index (χ1n) is 7.73. The summed E-state index contributed by atoms with van der Waals surface area (Å²) >= 11 is 0. The molecule has 0 aromatic heterocycles. The third kappa shape index (κ3) is 5.95. The summed E-state index contributed by atoms with van der Waals surface area (Å²) in [6, 6.07) is 16.0. The minimum atomic E-state index is 0. The second-order valence-electron chi connectivity index (χ2n) is 5.80. The van der Waals surface area contributed by atoms with E-state index in [-0.39, 0.29) is 24.2 Å². The first kappa shape index (κ1) is 19.0. The van der Waals surface area contributed by atoms with Gasteiger partial charge in [-0.15, -0.1) is 12.4 Å². The predicted molar refractivity (Wildman–Crippen MR) is 99.0 cm³/mol. The summed E-state index contributed by atoms with van der Waals surface area (Å²) in [6.07, 6.45) is 1.34. The van der Waals surface area contributed by atoms with E-state index in [4.69, 9.17) is 5.73 Å². The third-order valence-electron chi connectivity index (χ3n) is 3.93. The summed E-state index contributed by atoms with van der Waals surface area (Å²) in [5.41, 5.74) is 10.1. The average Bonchev–Trinajstić information content (AvgIpc) is 2.49. The number of aryl methyl sites for hydroxylation is 1. The monoisotopic (exact) mass is 332 g/mol. The number of rotatable bonds is 6. The van der Waals surface area contributed by atoms with Gasteiger partial charge in [0.05, 0.1) is 0 Å². The SMILES string of the molecule is Cc1ccccc1C(C)CC(=O)NCCc1ccc(N)cc1.Cl. The Kier molecular flexibility index (Phi) is 7.63. The van der Waals surface area contributed by atoms with Gasteiger partial charge in [-0.05, 0) is 48.1 Å². The number of anilines is 1. The Balaban J connectivity index is 0.00000264. The molecule has 0 aliphatic heterocycles. The molecule has 0 heterocycles. The van der Waals surface area contributed by atoms with E-state index in [1.165, 1.54) is 16.7 Å². The molecule has 2 rings (SSSR count). The van der Waals surface area contributed by atoms with Crippen molar-refractivity contribution in [1.29, 1.82) is 0 Å². The van der Waals surface area contributed by atoms with E-state index < -0.39 is 0 Å². The molecule has 0 saturated heterocycles. The number of nitrogens with two attached hydrogens (primary N) is 1. The van der Waals surface area contributed by atoms with Gasteiger partial charge in [-0.3, -0.25) is 4.79 Å². The summed E-state index contributed by atoms with van der Waals surface area (Å²) in [7, 11) is 0. The molecule has 0 radical (unpaired) electrons. The zero-order chi connectivity index (χ0) is 15.9. The standard InChI is InChI=1S/C19H24N2O.ClH/c1-14-5-3-4-6-18(14)15(2)13-19(22)21-12-11-16-7-9-17(20)10-8-16;/h3-10,15H,11-13,20H2,1-2H3,(H,21,22);1H. The number of hydrogen-bond acceptors (Lipinski definition) is 2. The summed E-state index contributed by atoms with van der Waals surface area (Å²) in [5, 5.41) is 3.00. The Hall–Kier alpha value is -2.00. The second kappa shape index (κ2) is 9.21. The highest BCUT2D eigenvalue weighted by atomic mass is 35.5. The van der Waals surface area contributed by atoms with Crippen LogP contribution in [0.15, 0.2) is 48.5 Å². The van der Waals surface area contributed by atoms with Crippen LogP contribution in [0.1, 0.15) is 36.0 Å². The van der Waals surface area contributed by atoms with Crippen molar-refractivity contribution >= 4 is 24.0 Å². The van der Waals surface area contributed by atoms with Gasteiger partial charge in [-0.2, -0.15) is 0 Å². The summed E-state index contributed by atoms with van der Waals surface area (Å²) < 4.78 is 0. The topological polar surface area (TPSA) is 55.1 Å². The van der Waals surface area contributed by atoms with E-state index in [1.807, 2.05) is 36.4 Å². The first-order chi connectivity index (χ1) is 10.6. The third-order valence-corrected chi connectivity index (χ3v) is 3.93. The van der Waals surface area contributed by atoms with Crippen LogP contribution in [0.5, 0.6) is 0 Å². The molecule has 0 aliphatic rings. The van der Waals surface area contributed by atoms with E-state index in [1.54, 1.807) is 0 Å². The van der Waals surface area contributed by atoms with Crippen molar-refractivity contribution in [2.75, 3.05) is 12.3 Å². The molecule has 4 heteroatoms. The van der Waals surface area contributed by atoms with Crippen molar-refractivity contribution in [3.63, 3.8) is 0 Å². The molecule has 1 amide bonds. The Morgan fingerprint density at radius 2 is 1.78 bits per heavy atom. The number of carbonyl (C=O) groups is 1. The van der Waals surface area contributed by atoms with Gasteiger partial charge < -0.3 is 11.1 Å². The quantitative estimate of drug-likeness (QED) is 0.789. The van der Waals surface area contributed by atoms with Gasteiger partial charge >= 0.3 is 0 Å². The molecule has 0 aliphatic carbocycles. The second-order valence-corrected chi connectivity index (χ2v) is 5.80. The van der Waals surface area contributed by atoms with Crippen LogP contribution < -0.4 is 11.1 Å². The molecule has 124 valence electrons. The minimum absolute atomic E-state index is 0. The number of hydrogen-bond donors (Lipinski definition) is 2. The maximum atomic E-state index is 12.1. The lowest BCUT2D eigenvalue weighted by Gasteiger charge is -2.14. The minimum Gasteiger partial charge on any atom is -0.399 e. The normalized spacial score (nSPS) is 11.4. The van der Waals surface area contributed by atoms with Crippen LogP contribution in [0.3, 0.4) is 0 Å². The Bertz CT molecular complexity index is 626. The summed E-state index contributed by atoms with van der Waals surface area (Å²) in [4.78, 5) is 12.1. The molecular formula is C19H25ClN2O. The molecule has 3 N–H and O–H groups in total. The fourth-order valence-electron chi connectivity index (χ4n) is 2.63. The van der Waals surface area contributed by atoms with Crippen molar-refractivity contribution in [2.45, 2.75) is 32.6 Å². The number of carbonyl (C=O) groups excluding carboxylic acids is 1. The van der Waals surface area contributed by atoms with Crippen LogP contribution in [-0.4, -0.2) is 12.5 Å². The van der Waals surface area contributed by atoms with Crippen LogP contribution in [0, 0.1) is 6.92 Å². The highest BCUT2D eigenvalue weighted by Gasteiger charge is 2.12. The van der Waals surface area contributed by atoms with E-state index in [0.29, 0.717) is 13.0 Å². The van der Waals surface area contributed by atoms with Gasteiger partial charge in [0.2, 0.25) is 5.91 Å². The molecule has 1 unspecified atom stereocenters. The number of benzene rings is 2. The molecule has 2 aromatic carbocycles. The molecular weight excluding hydrogens is 308 g/mol. The molecule has 1 atom stereocenters. The van der Waals surface area contributed by atoms with Gasteiger partial charge in [0.25, 0.3) is 0 Å². The van der Waals surface area contributed by atoms with Crippen molar-refractivity contribution < 1.29 is 4.79 Å². The summed E-state index contributed by atoms with van der Waals surface area (Å²) in [5.74, 6) is 0.337. The van der Waals surface area contributed by atoms with E-state index in [0.717, 1.165) is 12.1 Å². The van der Waals surface area contributed by atoms with Crippen LogP contribution in [0.2, 0.25) is 0 Å². The van der Waals surface area contributed by atoms with Gasteiger partial charge in [-0.1, -0.05) is 43.3 Å². The lowest BCUT2D eigenvalue weighted by Crippen LogP contribution is -2.26. The van der Waals surface area contributed by atoms with Crippen LogP contribution >= 0.6 is 12.4 Å². The number of halogens is 1. The smallest absolute Gasteiger partial charge is 0.220 e. The molecule has 2 aromatic rings. The lowest BCUT2D eigenvalue weighted by molar-refractivity contribution is -0.121. The largest absolute Gasteiger partial charge is 0.399 e. The Morgan fingerprint density at radius 1 is 1.13 bits per heavy atom. The number of nitrogen functional groups attached to an aromatic ring is 1. The molecule has 3 nitrogen and oxygen atoms in total. The summed E-state index contributed by atoms with van der Waals surface area (Å²) in [6.45, 7) is 4.84. The average molecular weight is 333 g/mol. The maximum absolute atomic E-state index is 12.1. The lowest BCUT2D eigenvalue weighted by atomic mass is 9.93. The zero-order valence-corrected chi connectivity index (χ0v) is 14.5. The fraction of sp³-hybridized carbons (Fsp3) is 0.316. The number of amides is 1. The first-order valence-corrected chi connectivity index (χ1v) is 7.73. The van der Waals surface area contributed by atoms with Gasteiger partial charge in [-0.25, -0.2) is 0 Å². The van der Waals surface area contributed by atoms with Crippen LogP contribution in [0.25, 0.3) is 0 Å². The van der Waals surface area contributed by atoms with Crippen molar-refractivity contribution in [2.24, 2.45) is 0 Å². The van der Waals surface area contributed by atoms with E-state index >= 15 is 0 Å². The van der Waals surface area contributed by atoms with Crippen LogP contribution in [-0.2, 0) is 11.2 Å². The molecule has 0 fully saturated rings. The Morgan fingerprint density at radius 3 is 2.43 bits per heavy atom. The highest BCUT2D eigenvalue weighted by Crippen LogP contribution is 2.22. The van der Waals surface area contributed by atoms with Gasteiger partial charge in [0.1, 0.15) is 0 Å². The van der Waals surface area contributed by atoms with Gasteiger partial charge in [0.15, 0.2) is 0 Å². The molecule has 0 saturated carbocycles. The molecule has 23 heavy (non-hydrogen) atoms. The molecule has 0 spiro atoms. The van der Waals surface area contributed by atoms with Crippen molar-refractivity contribution in [1.82, 2.24) is 5.32 Å². The fourth-order valence-corrected chi connectivity index (χ4v) is 2.63. The van der Waals surface area contributed by atoms with E-state index in [9.17, 15) is 4.79 Å².